The molecule has 3 rings (SSSR count). The van der Waals surface area contributed by atoms with Gasteiger partial charge in [-0.1, -0.05) is 0 Å². The predicted molar refractivity (Wildman–Crippen MR) is 83.1 cm³/mol. The maximum absolute atomic E-state index is 4.01. The summed E-state index contributed by atoms with van der Waals surface area (Å²) in [5.74, 6) is 0. The van der Waals surface area contributed by atoms with Crippen molar-refractivity contribution in [1.82, 2.24) is 10.2 Å². The van der Waals surface area contributed by atoms with Gasteiger partial charge in [-0.25, -0.2) is 0 Å². The normalized spacial score (nSPS) is 11.0. The fraction of sp³-hybridized carbons (Fsp3) is 0.0833. The van der Waals surface area contributed by atoms with Crippen LogP contribution in [0.4, 0.5) is 5.69 Å². The van der Waals surface area contributed by atoms with Crippen LogP contribution in [-0.2, 0) is 6.54 Å². The number of nitrogens with one attached hydrogen (secondary N) is 2. The molecule has 0 saturated carbocycles. The number of thiophene rings is 1. The molecule has 2 heterocycles. The highest BCUT2D eigenvalue weighted by atomic mass is 79.9. The Morgan fingerprint density at radius 3 is 2.94 bits per heavy atom. The summed E-state index contributed by atoms with van der Waals surface area (Å²) in [7, 11) is 0. The number of fused-ring (bicyclic) bond motifs is 1. The maximum Gasteiger partial charge on any atom is 0.0843 e. The van der Waals surface area contributed by atoms with Crippen molar-refractivity contribution in [3.63, 3.8) is 0 Å². The van der Waals surface area contributed by atoms with Gasteiger partial charge in [0.05, 0.1) is 15.5 Å². The summed E-state index contributed by atoms with van der Waals surface area (Å²) in [6.45, 7) is 0.814. The zero-order valence-electron chi connectivity index (χ0n) is 9.21. The molecule has 0 aliphatic rings. The van der Waals surface area contributed by atoms with Crippen molar-refractivity contribution in [1.29, 1.82) is 0 Å². The molecule has 0 spiro atoms. The monoisotopic (exact) mass is 385 g/mol. The van der Waals surface area contributed by atoms with Crippen LogP contribution < -0.4 is 5.32 Å². The number of halogens is 2. The summed E-state index contributed by atoms with van der Waals surface area (Å²) in [5.41, 5.74) is 2.14. The van der Waals surface area contributed by atoms with E-state index in [0.29, 0.717) is 0 Å². The smallest absolute Gasteiger partial charge is 0.0843 e. The lowest BCUT2D eigenvalue weighted by atomic mass is 10.2. The number of hydrogen-bond acceptors (Lipinski definition) is 3. The van der Waals surface area contributed by atoms with Gasteiger partial charge in [0.2, 0.25) is 0 Å². The Hall–Kier alpha value is -0.850. The Kier molecular flexibility index (Phi) is 3.41. The molecule has 3 aromatic rings. The topological polar surface area (TPSA) is 40.7 Å². The molecule has 0 aliphatic carbocycles. The van der Waals surface area contributed by atoms with Gasteiger partial charge < -0.3 is 5.32 Å². The summed E-state index contributed by atoms with van der Waals surface area (Å²) >= 11 is 8.72. The minimum absolute atomic E-state index is 0.814. The number of benzene rings is 1. The number of rotatable bonds is 3. The summed E-state index contributed by atoms with van der Waals surface area (Å²) in [6, 6.07) is 8.31. The first kappa shape index (κ1) is 12.2. The van der Waals surface area contributed by atoms with Crippen molar-refractivity contribution in [3.8, 4) is 0 Å². The van der Waals surface area contributed by atoms with Gasteiger partial charge in [-0.3, -0.25) is 5.10 Å². The Labute approximate surface area is 125 Å². The van der Waals surface area contributed by atoms with E-state index < -0.39 is 0 Å². The molecule has 0 amide bonds. The average Bonchev–Trinajstić information content (AvgIpc) is 2.94. The molecule has 0 radical (unpaired) electrons. The molecule has 1 aromatic carbocycles. The molecule has 0 bridgehead atoms. The van der Waals surface area contributed by atoms with Crippen LogP contribution in [0.3, 0.4) is 0 Å². The minimum Gasteiger partial charge on any atom is -0.380 e. The summed E-state index contributed by atoms with van der Waals surface area (Å²) < 4.78 is 2.23. The van der Waals surface area contributed by atoms with Gasteiger partial charge >= 0.3 is 0 Å². The minimum atomic E-state index is 0.814. The van der Waals surface area contributed by atoms with Crippen molar-refractivity contribution in [2.24, 2.45) is 0 Å². The predicted octanol–water partition coefficient (Wildman–Crippen LogP) is 4.76. The van der Waals surface area contributed by atoms with E-state index in [9.17, 15) is 0 Å². The van der Waals surface area contributed by atoms with Crippen LogP contribution in [0.5, 0.6) is 0 Å². The SMILES string of the molecule is Brc1cc(CNc2ccc3cn[nH]c3c2)sc1Br. The van der Waals surface area contributed by atoms with Crippen molar-refractivity contribution < 1.29 is 0 Å². The highest BCUT2D eigenvalue weighted by Crippen LogP contribution is 2.32. The molecule has 6 heteroatoms. The number of H-pyrrole nitrogens is 1. The maximum atomic E-state index is 4.01. The second-order valence-electron chi connectivity index (χ2n) is 3.86. The van der Waals surface area contributed by atoms with E-state index in [1.54, 1.807) is 11.3 Å². The second-order valence-corrected chi connectivity index (χ2v) is 7.17. The number of anilines is 1. The Morgan fingerprint density at radius 2 is 2.17 bits per heavy atom. The van der Waals surface area contributed by atoms with Crippen LogP contribution in [-0.4, -0.2) is 10.2 Å². The largest absolute Gasteiger partial charge is 0.380 e. The van der Waals surface area contributed by atoms with Crippen LogP contribution in [0, 0.1) is 0 Å². The van der Waals surface area contributed by atoms with Crippen LogP contribution in [0.15, 0.2) is 38.7 Å². The standard InChI is InChI=1S/C12H9Br2N3S/c13-10-4-9(18-12(10)14)6-15-8-2-1-7-5-16-17-11(7)3-8/h1-5,15H,6H2,(H,16,17). The number of hydrogen-bond donors (Lipinski definition) is 2. The van der Waals surface area contributed by atoms with Gasteiger partial charge in [-0.05, 0) is 56.1 Å². The van der Waals surface area contributed by atoms with Crippen LogP contribution in [0.2, 0.25) is 0 Å². The van der Waals surface area contributed by atoms with Crippen molar-refractivity contribution in [2.45, 2.75) is 6.54 Å². The Morgan fingerprint density at radius 1 is 1.28 bits per heavy atom. The second kappa shape index (κ2) is 5.03. The number of nitrogens with zero attached hydrogens (tertiary/aromatic N) is 1. The van der Waals surface area contributed by atoms with Crippen molar-refractivity contribution >= 4 is 59.8 Å². The Balaban J connectivity index is 1.76. The summed E-state index contributed by atoms with van der Waals surface area (Å²) in [6.07, 6.45) is 1.83. The third-order valence-electron chi connectivity index (χ3n) is 2.60. The van der Waals surface area contributed by atoms with E-state index in [4.69, 9.17) is 0 Å². The molecule has 0 atom stereocenters. The van der Waals surface area contributed by atoms with Crippen molar-refractivity contribution in [3.05, 3.63) is 43.6 Å². The van der Waals surface area contributed by atoms with Gasteiger partial charge in [-0.2, -0.15) is 5.10 Å². The van der Waals surface area contributed by atoms with Crippen LogP contribution in [0.25, 0.3) is 10.9 Å². The lowest BCUT2D eigenvalue weighted by molar-refractivity contribution is 1.12. The Bertz CT molecular complexity index is 670. The lowest BCUT2D eigenvalue weighted by Crippen LogP contribution is -1.96. The summed E-state index contributed by atoms with van der Waals surface area (Å²) in [4.78, 5) is 1.28. The number of aromatic nitrogens is 2. The van der Waals surface area contributed by atoms with Gasteiger partial charge in [0.1, 0.15) is 0 Å². The highest BCUT2D eigenvalue weighted by Gasteiger charge is 2.04. The van der Waals surface area contributed by atoms with Gasteiger partial charge in [-0.15, -0.1) is 11.3 Å². The molecular weight excluding hydrogens is 378 g/mol. The first-order chi connectivity index (χ1) is 8.72. The van der Waals surface area contributed by atoms with Crippen LogP contribution >= 0.6 is 43.2 Å². The highest BCUT2D eigenvalue weighted by molar-refractivity contribution is 9.13. The third-order valence-corrected chi connectivity index (χ3v) is 5.86. The van der Waals surface area contributed by atoms with Crippen LogP contribution in [0.1, 0.15) is 4.88 Å². The van der Waals surface area contributed by atoms with E-state index >= 15 is 0 Å². The van der Waals surface area contributed by atoms with Gasteiger partial charge in [0.15, 0.2) is 0 Å². The molecule has 3 nitrogen and oxygen atoms in total. The molecule has 2 aromatic heterocycles. The molecule has 0 aliphatic heterocycles. The van der Waals surface area contributed by atoms with E-state index in [2.05, 4.69) is 71.6 Å². The molecule has 2 N–H and O–H groups in total. The molecule has 0 saturated heterocycles. The third kappa shape index (κ3) is 2.46. The zero-order chi connectivity index (χ0) is 12.5. The van der Waals surface area contributed by atoms with E-state index in [1.165, 1.54) is 4.88 Å². The van der Waals surface area contributed by atoms with Gasteiger partial charge in [0.25, 0.3) is 0 Å². The van der Waals surface area contributed by atoms with E-state index in [1.807, 2.05) is 6.20 Å². The quantitative estimate of drug-likeness (QED) is 0.681. The summed E-state index contributed by atoms with van der Waals surface area (Å²) in [5, 5.41) is 11.5. The first-order valence-electron chi connectivity index (χ1n) is 5.33. The molecule has 0 fully saturated rings. The molecule has 0 unspecified atom stereocenters. The zero-order valence-corrected chi connectivity index (χ0v) is 13.2. The molecule has 92 valence electrons. The molecule has 18 heavy (non-hydrogen) atoms. The van der Waals surface area contributed by atoms with E-state index in [-0.39, 0.29) is 0 Å². The van der Waals surface area contributed by atoms with E-state index in [0.717, 1.165) is 31.4 Å². The van der Waals surface area contributed by atoms with Gasteiger partial charge in [0, 0.05) is 27.0 Å². The fourth-order valence-corrected chi connectivity index (χ4v) is 3.83. The lowest BCUT2D eigenvalue weighted by Gasteiger charge is -2.04. The first-order valence-corrected chi connectivity index (χ1v) is 7.73. The van der Waals surface area contributed by atoms with Crippen molar-refractivity contribution in [2.75, 3.05) is 5.32 Å². The number of aromatic amines is 1. The average molecular weight is 387 g/mol. The fourth-order valence-electron chi connectivity index (χ4n) is 1.71. The molecular formula is C12H9Br2N3S.